The lowest BCUT2D eigenvalue weighted by Gasteiger charge is -2.02. The summed E-state index contributed by atoms with van der Waals surface area (Å²) in [5, 5.41) is 22.3. The number of aromatic nitrogens is 3. The first-order valence-electron chi connectivity index (χ1n) is 8.31. The fourth-order valence-corrected chi connectivity index (χ4v) is 2.68. The molecule has 2 N–H and O–H groups in total. The molecule has 25 heavy (non-hydrogen) atoms. The van der Waals surface area contributed by atoms with Crippen LogP contribution in [0.4, 0.5) is 0 Å². The average Bonchev–Trinajstić information content (AvgIpc) is 3.04. The van der Waals surface area contributed by atoms with Gasteiger partial charge in [0.2, 0.25) is 0 Å². The third-order valence-electron chi connectivity index (χ3n) is 3.81. The maximum absolute atomic E-state index is 8.90. The van der Waals surface area contributed by atoms with Crippen molar-refractivity contribution < 1.29 is 5.11 Å². The van der Waals surface area contributed by atoms with Crippen LogP contribution in [0.25, 0.3) is 11.3 Å². The first-order valence-corrected chi connectivity index (χ1v) is 8.69. The predicted molar refractivity (Wildman–Crippen MR) is 99.4 cm³/mol. The number of halogens is 1. The summed E-state index contributed by atoms with van der Waals surface area (Å²) in [6.45, 7) is 2.13. The van der Waals surface area contributed by atoms with Crippen LogP contribution >= 0.6 is 11.6 Å². The number of aliphatic hydroxyl groups is 1. The van der Waals surface area contributed by atoms with E-state index < -0.39 is 0 Å². The van der Waals surface area contributed by atoms with Crippen LogP contribution in [0.5, 0.6) is 0 Å². The van der Waals surface area contributed by atoms with Gasteiger partial charge in [0.25, 0.3) is 0 Å². The van der Waals surface area contributed by atoms with Crippen LogP contribution in [0.15, 0.2) is 54.6 Å². The summed E-state index contributed by atoms with van der Waals surface area (Å²) < 4.78 is 0. The maximum atomic E-state index is 8.90. The molecule has 5 nitrogen and oxygen atoms in total. The van der Waals surface area contributed by atoms with Crippen molar-refractivity contribution in [3.05, 3.63) is 70.9 Å². The highest BCUT2D eigenvalue weighted by Crippen LogP contribution is 2.20. The van der Waals surface area contributed by atoms with Gasteiger partial charge in [-0.15, -0.1) is 0 Å². The number of aliphatic hydroxyl groups excluding tert-OH is 1. The van der Waals surface area contributed by atoms with Crippen molar-refractivity contribution in [2.45, 2.75) is 19.5 Å². The molecule has 0 bridgehead atoms. The van der Waals surface area contributed by atoms with Crippen LogP contribution in [-0.2, 0) is 13.1 Å². The number of benzene rings is 2. The van der Waals surface area contributed by atoms with Crippen LogP contribution in [0.1, 0.15) is 17.7 Å². The number of nitrogens with zero attached hydrogens (tertiary/aromatic N) is 3. The molecule has 0 atom stereocenters. The van der Waals surface area contributed by atoms with Crippen LogP contribution in [0.2, 0.25) is 5.02 Å². The van der Waals surface area contributed by atoms with E-state index in [1.165, 1.54) is 0 Å². The lowest BCUT2D eigenvalue weighted by atomic mass is 10.1. The van der Waals surface area contributed by atoms with E-state index in [0.29, 0.717) is 13.1 Å². The Morgan fingerprint density at radius 2 is 1.76 bits per heavy atom. The third-order valence-corrected chi connectivity index (χ3v) is 4.07. The van der Waals surface area contributed by atoms with E-state index in [-0.39, 0.29) is 6.61 Å². The van der Waals surface area contributed by atoms with Gasteiger partial charge in [-0.3, -0.25) is 0 Å². The molecule has 0 fully saturated rings. The Hall–Kier alpha value is -2.21. The first kappa shape index (κ1) is 17.6. The smallest absolute Gasteiger partial charge is 0.117 e. The molecule has 0 unspecified atom stereocenters. The summed E-state index contributed by atoms with van der Waals surface area (Å²) in [6, 6.07) is 17.8. The van der Waals surface area contributed by atoms with Crippen molar-refractivity contribution >= 4 is 11.6 Å². The molecular formula is C19H21ClN4O. The maximum Gasteiger partial charge on any atom is 0.117 e. The second-order valence-electron chi connectivity index (χ2n) is 5.77. The van der Waals surface area contributed by atoms with Gasteiger partial charge in [-0.05, 0) is 30.7 Å². The van der Waals surface area contributed by atoms with Crippen LogP contribution in [0.3, 0.4) is 0 Å². The lowest BCUT2D eigenvalue weighted by molar-refractivity contribution is 0.286. The van der Waals surface area contributed by atoms with Gasteiger partial charge in [0.05, 0.1) is 6.54 Å². The molecule has 0 aliphatic rings. The van der Waals surface area contributed by atoms with Crippen molar-refractivity contribution in [1.29, 1.82) is 0 Å². The molecular weight excluding hydrogens is 336 g/mol. The van der Waals surface area contributed by atoms with E-state index in [2.05, 4.69) is 15.5 Å². The Bertz CT molecular complexity index is 787. The monoisotopic (exact) mass is 356 g/mol. The minimum absolute atomic E-state index is 0.182. The van der Waals surface area contributed by atoms with Gasteiger partial charge in [-0.2, -0.15) is 15.0 Å². The summed E-state index contributed by atoms with van der Waals surface area (Å²) >= 11 is 5.94. The van der Waals surface area contributed by atoms with Gasteiger partial charge in [0, 0.05) is 23.7 Å². The van der Waals surface area contributed by atoms with Crippen LogP contribution < -0.4 is 5.32 Å². The van der Waals surface area contributed by atoms with Crippen molar-refractivity contribution in [3.8, 4) is 11.3 Å². The van der Waals surface area contributed by atoms with Crippen molar-refractivity contribution in [3.63, 3.8) is 0 Å². The zero-order valence-corrected chi connectivity index (χ0v) is 14.7. The number of rotatable bonds is 8. The molecule has 2 aromatic carbocycles. The van der Waals surface area contributed by atoms with Crippen molar-refractivity contribution in [1.82, 2.24) is 20.3 Å². The second-order valence-corrected chi connectivity index (χ2v) is 6.21. The highest BCUT2D eigenvalue weighted by Gasteiger charge is 2.13. The van der Waals surface area contributed by atoms with Gasteiger partial charge < -0.3 is 10.4 Å². The minimum atomic E-state index is 0.182. The zero-order chi connectivity index (χ0) is 17.5. The Morgan fingerprint density at radius 1 is 1.00 bits per heavy atom. The molecule has 1 heterocycles. The SMILES string of the molecule is OCCCNCc1nn(Cc2ccc(Cl)cc2)nc1-c1ccccc1. The first-order chi connectivity index (χ1) is 12.3. The van der Waals surface area contributed by atoms with Crippen LogP contribution in [-0.4, -0.2) is 33.3 Å². The third kappa shape index (κ3) is 4.89. The van der Waals surface area contributed by atoms with Gasteiger partial charge in [-0.25, -0.2) is 0 Å². The molecule has 130 valence electrons. The van der Waals surface area contributed by atoms with Gasteiger partial charge in [-0.1, -0.05) is 54.1 Å². The van der Waals surface area contributed by atoms with E-state index in [1.807, 2.05) is 54.6 Å². The lowest BCUT2D eigenvalue weighted by Crippen LogP contribution is -2.16. The molecule has 0 amide bonds. The standard InChI is InChI=1S/C19H21ClN4O/c20-17-9-7-15(8-10-17)14-24-22-18(13-21-11-4-12-25)19(23-24)16-5-2-1-3-6-16/h1-3,5-10,21,25H,4,11-14H2. The molecule has 0 saturated carbocycles. The molecule has 0 aliphatic carbocycles. The molecule has 0 spiro atoms. The van der Waals surface area contributed by atoms with E-state index in [4.69, 9.17) is 16.7 Å². The molecule has 3 aromatic rings. The van der Waals surface area contributed by atoms with E-state index in [0.717, 1.165) is 40.5 Å². The summed E-state index contributed by atoms with van der Waals surface area (Å²) in [4.78, 5) is 1.72. The quantitative estimate of drug-likeness (QED) is 0.609. The molecule has 1 aromatic heterocycles. The van der Waals surface area contributed by atoms with Crippen LogP contribution in [0, 0.1) is 0 Å². The number of hydrogen-bond donors (Lipinski definition) is 2. The molecule has 0 radical (unpaired) electrons. The normalized spacial score (nSPS) is 11.0. The van der Waals surface area contributed by atoms with E-state index >= 15 is 0 Å². The van der Waals surface area contributed by atoms with E-state index in [1.54, 1.807) is 4.80 Å². The minimum Gasteiger partial charge on any atom is -0.396 e. The predicted octanol–water partition coefficient (Wildman–Crippen LogP) is 3.12. The highest BCUT2D eigenvalue weighted by molar-refractivity contribution is 6.30. The Kier molecular flexibility index (Phi) is 6.17. The fourth-order valence-electron chi connectivity index (χ4n) is 2.56. The molecule has 0 saturated heterocycles. The molecule has 0 aliphatic heterocycles. The molecule has 6 heteroatoms. The van der Waals surface area contributed by atoms with Gasteiger partial charge in [0.15, 0.2) is 0 Å². The summed E-state index contributed by atoms with van der Waals surface area (Å²) in [6.07, 6.45) is 0.722. The van der Waals surface area contributed by atoms with Gasteiger partial charge in [0.1, 0.15) is 11.4 Å². The Labute approximate surface area is 152 Å². The highest BCUT2D eigenvalue weighted by atomic mass is 35.5. The summed E-state index contributed by atoms with van der Waals surface area (Å²) in [5.74, 6) is 0. The van der Waals surface area contributed by atoms with Gasteiger partial charge >= 0.3 is 0 Å². The number of nitrogens with one attached hydrogen (secondary N) is 1. The largest absolute Gasteiger partial charge is 0.396 e. The number of hydrogen-bond acceptors (Lipinski definition) is 4. The van der Waals surface area contributed by atoms with Crippen molar-refractivity contribution in [2.24, 2.45) is 0 Å². The zero-order valence-electron chi connectivity index (χ0n) is 13.9. The fraction of sp³-hybridized carbons (Fsp3) is 0.263. The summed E-state index contributed by atoms with van der Waals surface area (Å²) in [5.41, 5.74) is 3.92. The average molecular weight is 357 g/mol. The van der Waals surface area contributed by atoms with E-state index in [9.17, 15) is 0 Å². The Balaban J connectivity index is 1.81. The topological polar surface area (TPSA) is 63.0 Å². The Morgan fingerprint density at radius 3 is 2.48 bits per heavy atom. The molecule has 3 rings (SSSR count). The second kappa shape index (κ2) is 8.76. The van der Waals surface area contributed by atoms with Crippen molar-refractivity contribution in [2.75, 3.05) is 13.2 Å². The summed E-state index contributed by atoms with van der Waals surface area (Å²) in [7, 11) is 0.